The summed E-state index contributed by atoms with van der Waals surface area (Å²) in [5, 5.41) is 7.96. The van der Waals surface area contributed by atoms with Crippen molar-refractivity contribution in [2.45, 2.75) is 13.8 Å². The van der Waals surface area contributed by atoms with Gasteiger partial charge in [0.05, 0.1) is 10.2 Å². The molecule has 0 amide bonds. The maximum absolute atomic E-state index is 4.06. The highest BCUT2D eigenvalue weighted by molar-refractivity contribution is 7.23. The zero-order chi connectivity index (χ0) is 9.71. The molecule has 0 aliphatic carbocycles. The van der Waals surface area contributed by atoms with Crippen LogP contribution in [0, 0.1) is 13.8 Å². The van der Waals surface area contributed by atoms with Crippen LogP contribution in [0.1, 0.15) is 11.1 Å². The second-order valence-electron chi connectivity index (χ2n) is 3.51. The zero-order valence-corrected chi connectivity index (χ0v) is 8.80. The van der Waals surface area contributed by atoms with E-state index in [1.807, 2.05) is 0 Å². The van der Waals surface area contributed by atoms with Gasteiger partial charge in [0.15, 0.2) is 0 Å². The minimum Gasteiger partial charge on any atom is -0.272 e. The minimum atomic E-state index is 0.966. The second kappa shape index (κ2) is 2.54. The Bertz CT molecular complexity index is 621. The Morgan fingerprint density at radius 2 is 2.14 bits per heavy atom. The summed E-state index contributed by atoms with van der Waals surface area (Å²) in [6.45, 7) is 4.24. The van der Waals surface area contributed by atoms with E-state index in [-0.39, 0.29) is 0 Å². The first-order valence-electron chi connectivity index (χ1n) is 4.45. The summed E-state index contributed by atoms with van der Waals surface area (Å²) >= 11 is 1.69. The predicted octanol–water partition coefficient (Wildman–Crippen LogP) is 2.56. The van der Waals surface area contributed by atoms with E-state index >= 15 is 0 Å². The monoisotopic (exact) mass is 203 g/mol. The number of hydrogen-bond donors (Lipinski definition) is 0. The molecule has 0 radical (unpaired) electrons. The topological polar surface area (TPSA) is 30.2 Å². The summed E-state index contributed by atoms with van der Waals surface area (Å²) in [5.74, 6) is 0. The van der Waals surface area contributed by atoms with Gasteiger partial charge < -0.3 is 0 Å². The highest BCUT2D eigenvalue weighted by Gasteiger charge is 2.08. The van der Waals surface area contributed by atoms with Crippen LogP contribution in [0.2, 0.25) is 0 Å². The van der Waals surface area contributed by atoms with Gasteiger partial charge in [-0.15, -0.1) is 10.2 Å². The molecule has 70 valence electrons. The molecule has 2 aromatic heterocycles. The zero-order valence-electron chi connectivity index (χ0n) is 7.98. The highest BCUT2D eigenvalue weighted by Crippen LogP contribution is 2.28. The first-order chi connectivity index (χ1) is 6.75. The van der Waals surface area contributed by atoms with Gasteiger partial charge in [0.2, 0.25) is 4.96 Å². The Labute approximate surface area is 85.0 Å². The molecular formula is C10H9N3S. The molecule has 0 unspecified atom stereocenters. The van der Waals surface area contributed by atoms with Crippen molar-refractivity contribution in [3.8, 4) is 0 Å². The fourth-order valence-electron chi connectivity index (χ4n) is 1.85. The van der Waals surface area contributed by atoms with Gasteiger partial charge in [-0.25, -0.2) is 0 Å². The van der Waals surface area contributed by atoms with Crippen molar-refractivity contribution in [1.29, 1.82) is 0 Å². The van der Waals surface area contributed by atoms with E-state index in [0.29, 0.717) is 0 Å². The van der Waals surface area contributed by atoms with Gasteiger partial charge in [0.1, 0.15) is 6.33 Å². The number of aromatic nitrogens is 3. The fourth-order valence-corrected chi connectivity index (χ4v) is 2.98. The lowest BCUT2D eigenvalue weighted by Gasteiger charge is -1.98. The Morgan fingerprint density at radius 1 is 1.29 bits per heavy atom. The van der Waals surface area contributed by atoms with Crippen molar-refractivity contribution in [1.82, 2.24) is 14.6 Å². The van der Waals surface area contributed by atoms with E-state index in [0.717, 1.165) is 4.96 Å². The van der Waals surface area contributed by atoms with Crippen LogP contribution >= 0.6 is 11.3 Å². The Morgan fingerprint density at radius 3 is 3.00 bits per heavy atom. The van der Waals surface area contributed by atoms with Crippen LogP contribution in [0.15, 0.2) is 18.5 Å². The molecule has 1 aromatic carbocycles. The summed E-state index contributed by atoms with van der Waals surface area (Å²) in [4.78, 5) is 0.966. The third kappa shape index (κ3) is 0.915. The minimum absolute atomic E-state index is 0.966. The van der Waals surface area contributed by atoms with Crippen LogP contribution in [-0.4, -0.2) is 14.6 Å². The van der Waals surface area contributed by atoms with Gasteiger partial charge in [-0.2, -0.15) is 0 Å². The molecule has 3 nitrogen and oxygen atoms in total. The van der Waals surface area contributed by atoms with Crippen molar-refractivity contribution in [3.05, 3.63) is 29.6 Å². The first kappa shape index (κ1) is 7.94. The third-order valence-corrected chi connectivity index (χ3v) is 3.36. The third-order valence-electron chi connectivity index (χ3n) is 2.37. The lowest BCUT2D eigenvalue weighted by molar-refractivity contribution is 1.11. The van der Waals surface area contributed by atoms with Crippen molar-refractivity contribution in [2.75, 3.05) is 0 Å². The number of thiazole rings is 1. The first-order valence-corrected chi connectivity index (χ1v) is 5.27. The second-order valence-corrected chi connectivity index (χ2v) is 4.52. The molecule has 0 aliphatic rings. The predicted molar refractivity (Wildman–Crippen MR) is 57.8 cm³/mol. The van der Waals surface area contributed by atoms with Crippen LogP contribution in [0.25, 0.3) is 15.2 Å². The van der Waals surface area contributed by atoms with Crippen LogP contribution in [0.3, 0.4) is 0 Å². The largest absolute Gasteiger partial charge is 0.272 e. The number of hydrogen-bond acceptors (Lipinski definition) is 3. The quantitative estimate of drug-likeness (QED) is 0.562. The fraction of sp³-hybridized carbons (Fsp3) is 0.200. The van der Waals surface area contributed by atoms with Gasteiger partial charge in [-0.3, -0.25) is 4.40 Å². The van der Waals surface area contributed by atoms with Crippen molar-refractivity contribution in [2.24, 2.45) is 0 Å². The van der Waals surface area contributed by atoms with E-state index in [9.17, 15) is 0 Å². The molecule has 0 spiro atoms. The molecule has 3 aromatic rings. The lowest BCUT2D eigenvalue weighted by Crippen LogP contribution is -1.83. The van der Waals surface area contributed by atoms with Gasteiger partial charge >= 0.3 is 0 Å². The Balaban J connectivity index is 2.62. The van der Waals surface area contributed by atoms with Crippen LogP contribution < -0.4 is 0 Å². The summed E-state index contributed by atoms with van der Waals surface area (Å²) in [5.41, 5.74) is 3.82. The summed E-state index contributed by atoms with van der Waals surface area (Å²) in [6.07, 6.45) is 1.77. The molecule has 14 heavy (non-hydrogen) atoms. The molecule has 0 saturated heterocycles. The number of nitrogens with zero attached hydrogens (tertiary/aromatic N) is 3. The van der Waals surface area contributed by atoms with Crippen molar-refractivity contribution in [3.63, 3.8) is 0 Å². The molecule has 3 rings (SSSR count). The highest BCUT2D eigenvalue weighted by atomic mass is 32.1. The van der Waals surface area contributed by atoms with Gasteiger partial charge in [0.25, 0.3) is 0 Å². The number of aryl methyl sites for hydroxylation is 2. The average molecular weight is 203 g/mol. The maximum atomic E-state index is 4.06. The van der Waals surface area contributed by atoms with Gasteiger partial charge in [-0.05, 0) is 31.0 Å². The Hall–Kier alpha value is -1.42. The molecule has 0 aliphatic heterocycles. The van der Waals surface area contributed by atoms with Crippen LogP contribution in [-0.2, 0) is 0 Å². The van der Waals surface area contributed by atoms with E-state index in [4.69, 9.17) is 0 Å². The molecule has 0 atom stereocenters. The number of rotatable bonds is 0. The van der Waals surface area contributed by atoms with E-state index in [2.05, 4.69) is 40.6 Å². The van der Waals surface area contributed by atoms with Gasteiger partial charge in [0, 0.05) is 0 Å². The van der Waals surface area contributed by atoms with Crippen molar-refractivity contribution < 1.29 is 0 Å². The SMILES string of the molecule is Cc1cc(C)c2c(c1)sc1nncn12. The van der Waals surface area contributed by atoms with Crippen LogP contribution in [0.4, 0.5) is 0 Å². The molecule has 4 heteroatoms. The number of fused-ring (bicyclic) bond motifs is 3. The Kier molecular flexibility index (Phi) is 1.44. The summed E-state index contributed by atoms with van der Waals surface area (Å²) < 4.78 is 3.34. The molecule has 2 heterocycles. The van der Waals surface area contributed by atoms with E-state index in [1.165, 1.54) is 21.3 Å². The smallest absolute Gasteiger partial charge is 0.217 e. The molecule has 0 saturated carbocycles. The normalized spacial score (nSPS) is 11.6. The molecule has 0 fully saturated rings. The molecule has 0 N–H and O–H groups in total. The van der Waals surface area contributed by atoms with Crippen LogP contribution in [0.5, 0.6) is 0 Å². The summed E-state index contributed by atoms with van der Waals surface area (Å²) in [7, 11) is 0. The lowest BCUT2D eigenvalue weighted by atomic mass is 10.1. The summed E-state index contributed by atoms with van der Waals surface area (Å²) in [6, 6.07) is 4.39. The molecular weight excluding hydrogens is 194 g/mol. The maximum Gasteiger partial charge on any atom is 0.217 e. The average Bonchev–Trinajstić information content (AvgIpc) is 2.60. The van der Waals surface area contributed by atoms with E-state index < -0.39 is 0 Å². The van der Waals surface area contributed by atoms with E-state index in [1.54, 1.807) is 17.7 Å². The molecule has 0 bridgehead atoms. The van der Waals surface area contributed by atoms with Gasteiger partial charge in [-0.1, -0.05) is 17.4 Å². The van der Waals surface area contributed by atoms with Crippen molar-refractivity contribution >= 4 is 26.5 Å². The number of benzene rings is 1. The standard InChI is InChI=1S/C10H9N3S/c1-6-3-7(2)9-8(4-6)14-10-12-11-5-13(9)10/h3-5H,1-2H3.